The van der Waals surface area contributed by atoms with Gasteiger partial charge in [0, 0.05) is 24.2 Å². The lowest BCUT2D eigenvalue weighted by molar-refractivity contribution is -0.0626. The fourth-order valence-electron chi connectivity index (χ4n) is 3.32. The molecule has 6 nitrogen and oxygen atoms in total. The third-order valence-corrected chi connectivity index (χ3v) is 5.62. The molecule has 0 unspecified atom stereocenters. The summed E-state index contributed by atoms with van der Waals surface area (Å²) in [6.07, 6.45) is 2.76. The Morgan fingerprint density at radius 1 is 1.27 bits per heavy atom. The molecule has 2 N–H and O–H groups in total. The second-order valence-electron chi connectivity index (χ2n) is 6.66. The van der Waals surface area contributed by atoms with Crippen molar-refractivity contribution in [1.29, 1.82) is 0 Å². The molecule has 1 fully saturated rings. The molecule has 1 aromatic carbocycles. The summed E-state index contributed by atoms with van der Waals surface area (Å²) in [6.45, 7) is 1.57. The quantitative estimate of drug-likeness (QED) is 0.714. The van der Waals surface area contributed by atoms with Crippen LogP contribution < -0.4 is 0 Å². The molecular weight excluding hydrogens is 377 g/mol. The van der Waals surface area contributed by atoms with Gasteiger partial charge in [0.25, 0.3) is 0 Å². The molecule has 1 aliphatic heterocycles. The fraction of sp³-hybridized carbons (Fsp3) is 0.333. The van der Waals surface area contributed by atoms with Crippen LogP contribution in [-0.2, 0) is 11.2 Å². The van der Waals surface area contributed by atoms with Gasteiger partial charge in [0.2, 0.25) is 0 Å². The van der Waals surface area contributed by atoms with Gasteiger partial charge in [-0.3, -0.25) is 0 Å². The largest absolute Gasteiger partial charge is 0.385 e. The number of aliphatic hydroxyl groups is 2. The Balaban J connectivity index is 1.64. The zero-order valence-electron chi connectivity index (χ0n) is 13.9. The van der Waals surface area contributed by atoms with Crippen molar-refractivity contribution < 1.29 is 14.9 Å². The van der Waals surface area contributed by atoms with Crippen molar-refractivity contribution in [2.75, 3.05) is 0 Å². The van der Waals surface area contributed by atoms with Crippen LogP contribution in [-0.4, -0.2) is 42.6 Å². The topological polar surface area (TPSA) is 80.4 Å². The van der Waals surface area contributed by atoms with Crippen LogP contribution in [0.3, 0.4) is 0 Å². The average Bonchev–Trinajstić information content (AvgIpc) is 3.13. The lowest BCUT2D eigenvalue weighted by Crippen LogP contribution is -2.45. The number of nitrogens with zero attached hydrogens (tertiary/aromatic N) is 3. The van der Waals surface area contributed by atoms with E-state index >= 15 is 0 Å². The van der Waals surface area contributed by atoms with Crippen molar-refractivity contribution in [3.05, 3.63) is 58.6 Å². The maximum absolute atomic E-state index is 10.9. The number of aliphatic hydroxyl groups excluding tert-OH is 1. The summed E-state index contributed by atoms with van der Waals surface area (Å²) in [4.78, 5) is 8.23. The molecule has 26 heavy (non-hydrogen) atoms. The molecule has 0 saturated carbocycles. The van der Waals surface area contributed by atoms with E-state index in [4.69, 9.17) is 27.9 Å². The van der Waals surface area contributed by atoms with Crippen LogP contribution in [0.15, 0.2) is 43.0 Å². The molecule has 3 aromatic rings. The summed E-state index contributed by atoms with van der Waals surface area (Å²) in [5.74, 6) is 0. The van der Waals surface area contributed by atoms with Crippen molar-refractivity contribution in [3.63, 3.8) is 0 Å². The van der Waals surface area contributed by atoms with Crippen LogP contribution in [0, 0.1) is 0 Å². The van der Waals surface area contributed by atoms with Gasteiger partial charge in [0.1, 0.15) is 23.7 Å². The maximum atomic E-state index is 10.9. The van der Waals surface area contributed by atoms with Crippen molar-refractivity contribution in [2.45, 2.75) is 37.4 Å². The molecule has 0 bridgehead atoms. The zero-order chi connectivity index (χ0) is 18.5. The Labute approximate surface area is 160 Å². The highest BCUT2D eigenvalue weighted by Crippen LogP contribution is 2.40. The summed E-state index contributed by atoms with van der Waals surface area (Å²) >= 11 is 12.0. The van der Waals surface area contributed by atoms with Gasteiger partial charge in [-0.15, -0.1) is 0 Å². The normalized spacial score (nSPS) is 28.7. The number of hydrogen-bond acceptors (Lipinski definition) is 5. The first-order valence-electron chi connectivity index (χ1n) is 8.14. The van der Waals surface area contributed by atoms with E-state index < -0.39 is 24.0 Å². The molecule has 1 aliphatic rings. The summed E-state index contributed by atoms with van der Waals surface area (Å²) < 4.78 is 7.76. The Hall–Kier alpha value is -1.70. The van der Waals surface area contributed by atoms with Gasteiger partial charge >= 0.3 is 0 Å². The smallest absolute Gasteiger partial charge is 0.164 e. The number of fused-ring (bicyclic) bond motifs is 1. The molecule has 2 aromatic heterocycles. The highest BCUT2D eigenvalue weighted by molar-refractivity contribution is 6.42. The zero-order valence-corrected chi connectivity index (χ0v) is 15.4. The first-order chi connectivity index (χ1) is 12.4. The fourth-order valence-corrected chi connectivity index (χ4v) is 3.64. The van der Waals surface area contributed by atoms with Crippen LogP contribution in [0.2, 0.25) is 10.0 Å². The number of halogens is 2. The van der Waals surface area contributed by atoms with Crippen LogP contribution >= 0.6 is 23.2 Å². The minimum Gasteiger partial charge on any atom is -0.385 e. The Morgan fingerprint density at radius 3 is 2.85 bits per heavy atom. The van der Waals surface area contributed by atoms with Crippen LogP contribution in [0.4, 0.5) is 0 Å². The second kappa shape index (κ2) is 6.48. The van der Waals surface area contributed by atoms with Crippen molar-refractivity contribution >= 4 is 34.2 Å². The highest BCUT2D eigenvalue weighted by Gasteiger charge is 2.52. The highest BCUT2D eigenvalue weighted by atomic mass is 35.5. The lowest BCUT2D eigenvalue weighted by Gasteiger charge is -2.26. The SMILES string of the molecule is C[C@@]1(O)[C@@H](Cc2ccc(Cl)c(Cl)c2)O[C@@H](n2ccc3cncnc32)[C@@H]1O. The molecule has 4 atom stereocenters. The monoisotopic (exact) mass is 393 g/mol. The Morgan fingerprint density at radius 2 is 2.08 bits per heavy atom. The first-order valence-corrected chi connectivity index (χ1v) is 8.90. The van der Waals surface area contributed by atoms with Gasteiger partial charge in [0.05, 0.1) is 16.1 Å². The molecule has 8 heteroatoms. The second-order valence-corrected chi connectivity index (χ2v) is 7.48. The van der Waals surface area contributed by atoms with Crippen molar-refractivity contribution in [1.82, 2.24) is 14.5 Å². The number of rotatable bonds is 3. The molecule has 136 valence electrons. The van der Waals surface area contributed by atoms with Gasteiger partial charge in [-0.1, -0.05) is 29.3 Å². The van der Waals surface area contributed by atoms with Crippen molar-refractivity contribution in [3.8, 4) is 0 Å². The predicted molar refractivity (Wildman–Crippen MR) is 98.2 cm³/mol. The molecule has 3 heterocycles. The van der Waals surface area contributed by atoms with Crippen LogP contribution in [0.5, 0.6) is 0 Å². The number of hydrogen-bond donors (Lipinski definition) is 2. The summed E-state index contributed by atoms with van der Waals surface area (Å²) in [5, 5.41) is 23.3. The standard InChI is InChI=1S/C18H17Cl2N3O3/c1-18(25)14(7-10-2-3-12(19)13(20)6-10)26-17(15(18)24)23-5-4-11-8-21-9-22-16(11)23/h2-6,8-9,14-15,17,24-25H,7H2,1H3/t14-,15+,17-,18-/m1/s1. The van der Waals surface area contributed by atoms with E-state index in [1.807, 2.05) is 12.1 Å². The first kappa shape index (κ1) is 17.7. The molecule has 0 amide bonds. The van der Waals surface area contributed by atoms with Gasteiger partial charge < -0.3 is 19.5 Å². The molecule has 0 aliphatic carbocycles. The van der Waals surface area contributed by atoms with E-state index in [0.717, 1.165) is 10.9 Å². The molecule has 0 radical (unpaired) electrons. The minimum atomic E-state index is -1.44. The molecule has 4 rings (SSSR count). The van der Waals surface area contributed by atoms with Gasteiger partial charge in [0.15, 0.2) is 6.23 Å². The van der Waals surface area contributed by atoms with E-state index in [9.17, 15) is 10.2 Å². The average molecular weight is 394 g/mol. The number of aromatic nitrogens is 3. The van der Waals surface area contributed by atoms with Gasteiger partial charge in [-0.25, -0.2) is 9.97 Å². The predicted octanol–water partition coefficient (Wildman–Crippen LogP) is 2.99. The third-order valence-electron chi connectivity index (χ3n) is 4.88. The molecule has 1 saturated heterocycles. The van der Waals surface area contributed by atoms with Crippen molar-refractivity contribution in [2.24, 2.45) is 0 Å². The van der Waals surface area contributed by atoms with E-state index in [1.54, 1.807) is 36.0 Å². The molecular formula is C18H17Cl2N3O3. The molecule has 0 spiro atoms. The Bertz CT molecular complexity index is 960. The van der Waals surface area contributed by atoms with E-state index in [2.05, 4.69) is 9.97 Å². The number of ether oxygens (including phenoxy) is 1. The number of benzene rings is 1. The summed E-state index contributed by atoms with van der Waals surface area (Å²) in [5.41, 5.74) is 0.0488. The van der Waals surface area contributed by atoms with Gasteiger partial charge in [-0.05, 0) is 30.7 Å². The van der Waals surface area contributed by atoms with Gasteiger partial charge in [-0.2, -0.15) is 0 Å². The van der Waals surface area contributed by atoms with E-state index in [0.29, 0.717) is 22.1 Å². The maximum Gasteiger partial charge on any atom is 0.164 e. The third kappa shape index (κ3) is 2.88. The minimum absolute atomic E-state index is 0.381. The van der Waals surface area contributed by atoms with E-state index in [1.165, 1.54) is 6.33 Å². The summed E-state index contributed by atoms with van der Waals surface area (Å²) in [6, 6.07) is 7.10. The van der Waals surface area contributed by atoms with Crippen LogP contribution in [0.1, 0.15) is 18.7 Å². The lowest BCUT2D eigenvalue weighted by atomic mass is 9.90. The Kier molecular flexibility index (Phi) is 4.41. The summed E-state index contributed by atoms with van der Waals surface area (Å²) in [7, 11) is 0. The van der Waals surface area contributed by atoms with E-state index in [-0.39, 0.29) is 0 Å². The van der Waals surface area contributed by atoms with Crippen LogP contribution in [0.25, 0.3) is 11.0 Å².